The highest BCUT2D eigenvalue weighted by atomic mass is 79.9. The van der Waals surface area contributed by atoms with Gasteiger partial charge in [-0.1, -0.05) is 17.3 Å². The zero-order valence-corrected chi connectivity index (χ0v) is 15.3. The van der Waals surface area contributed by atoms with Gasteiger partial charge in [-0.25, -0.2) is 0 Å². The number of hydrogen-bond acceptors (Lipinski definition) is 6. The van der Waals surface area contributed by atoms with E-state index in [-0.39, 0.29) is 12.5 Å². The maximum absolute atomic E-state index is 12.3. The van der Waals surface area contributed by atoms with E-state index in [0.717, 1.165) is 10.0 Å². The maximum Gasteiger partial charge on any atom is 0.258 e. The molecule has 0 saturated heterocycles. The average Bonchev–Trinajstić information content (AvgIpc) is 3.25. The van der Waals surface area contributed by atoms with Gasteiger partial charge in [0, 0.05) is 16.2 Å². The monoisotopic (exact) mass is 412 g/mol. The zero-order valence-electron chi connectivity index (χ0n) is 13.7. The smallest absolute Gasteiger partial charge is 0.258 e. The van der Waals surface area contributed by atoms with Gasteiger partial charge < -0.3 is 9.84 Å². The number of rotatable bonds is 4. The fourth-order valence-electron chi connectivity index (χ4n) is 2.51. The van der Waals surface area contributed by atoms with Gasteiger partial charge in [-0.2, -0.15) is 4.98 Å². The Morgan fingerprint density at radius 3 is 2.88 bits per heavy atom. The lowest BCUT2D eigenvalue weighted by molar-refractivity contribution is 0.0949. The highest BCUT2D eigenvalue weighted by Crippen LogP contribution is 2.19. The molecule has 26 heavy (non-hydrogen) atoms. The Bertz CT molecular complexity index is 1100. The Morgan fingerprint density at radius 2 is 2.12 bits per heavy atom. The topological polar surface area (TPSA) is 98.2 Å². The summed E-state index contributed by atoms with van der Waals surface area (Å²) in [4.78, 5) is 16.5. The minimum Gasteiger partial charge on any atom is -0.345 e. The summed E-state index contributed by atoms with van der Waals surface area (Å²) < 4.78 is 7.70. The fraction of sp³-hybridized carbons (Fsp3) is 0.118. The molecular weight excluding hydrogens is 400 g/mol. The van der Waals surface area contributed by atoms with Gasteiger partial charge in [-0.3, -0.25) is 9.20 Å². The molecule has 0 aliphatic rings. The number of fused-ring (bicyclic) bond motifs is 1. The summed E-state index contributed by atoms with van der Waals surface area (Å²) in [6.45, 7) is 2.01. The van der Waals surface area contributed by atoms with Crippen LogP contribution in [-0.2, 0) is 6.54 Å². The summed E-state index contributed by atoms with van der Waals surface area (Å²) in [5.41, 5.74) is 1.95. The molecule has 0 aliphatic heterocycles. The number of pyridine rings is 1. The Labute approximate surface area is 156 Å². The molecule has 4 aromatic rings. The van der Waals surface area contributed by atoms with Gasteiger partial charge in [0.05, 0.1) is 12.1 Å². The van der Waals surface area contributed by atoms with E-state index in [1.165, 1.54) is 0 Å². The zero-order chi connectivity index (χ0) is 18.1. The van der Waals surface area contributed by atoms with Gasteiger partial charge in [0.25, 0.3) is 11.8 Å². The molecule has 1 amide bonds. The molecule has 3 aromatic heterocycles. The van der Waals surface area contributed by atoms with Gasteiger partial charge in [-0.05, 0) is 47.1 Å². The molecule has 130 valence electrons. The normalized spacial score (nSPS) is 11.0. The van der Waals surface area contributed by atoms with Crippen LogP contribution in [0.2, 0.25) is 0 Å². The summed E-state index contributed by atoms with van der Waals surface area (Å²) in [6, 6.07) is 10.9. The number of carbonyl (C=O) groups is 1. The first-order valence-corrected chi connectivity index (χ1v) is 8.58. The minimum atomic E-state index is -0.188. The van der Waals surface area contributed by atoms with Crippen LogP contribution in [0.5, 0.6) is 0 Å². The van der Waals surface area contributed by atoms with E-state index in [0.29, 0.717) is 28.8 Å². The lowest BCUT2D eigenvalue weighted by atomic mass is 10.2. The maximum atomic E-state index is 12.3. The van der Waals surface area contributed by atoms with Crippen LogP contribution >= 0.6 is 15.9 Å². The molecule has 4 rings (SSSR count). The van der Waals surface area contributed by atoms with Crippen LogP contribution in [0.3, 0.4) is 0 Å². The van der Waals surface area contributed by atoms with Crippen LogP contribution in [0.1, 0.15) is 22.0 Å². The van der Waals surface area contributed by atoms with Crippen molar-refractivity contribution in [3.05, 3.63) is 64.3 Å². The second-order valence-corrected chi connectivity index (χ2v) is 6.42. The van der Waals surface area contributed by atoms with Crippen molar-refractivity contribution < 1.29 is 9.32 Å². The molecule has 9 heteroatoms. The number of benzene rings is 1. The standard InChI is InChI=1S/C17H13BrN6O2/c1-10-20-17(26-23-10)11-6-7-24-14(8-11)21-22-15(24)9-19-16(25)12-4-2-3-5-13(12)18/h2-8H,9H2,1H3,(H,19,25). The van der Waals surface area contributed by atoms with E-state index >= 15 is 0 Å². The molecule has 0 radical (unpaired) electrons. The summed E-state index contributed by atoms with van der Waals surface area (Å²) in [5.74, 6) is 1.43. The molecule has 8 nitrogen and oxygen atoms in total. The van der Waals surface area contributed by atoms with E-state index in [1.54, 1.807) is 23.5 Å². The van der Waals surface area contributed by atoms with Crippen molar-refractivity contribution in [3.8, 4) is 11.5 Å². The summed E-state index contributed by atoms with van der Waals surface area (Å²) >= 11 is 3.37. The number of aryl methyl sites for hydroxylation is 1. The molecule has 0 bridgehead atoms. The quantitative estimate of drug-likeness (QED) is 0.553. The molecule has 0 atom stereocenters. The van der Waals surface area contributed by atoms with Crippen molar-refractivity contribution in [2.24, 2.45) is 0 Å². The predicted molar refractivity (Wildman–Crippen MR) is 96.3 cm³/mol. The first-order chi connectivity index (χ1) is 12.6. The molecule has 3 heterocycles. The highest BCUT2D eigenvalue weighted by molar-refractivity contribution is 9.10. The number of nitrogens with zero attached hydrogens (tertiary/aromatic N) is 5. The fourth-order valence-corrected chi connectivity index (χ4v) is 2.97. The van der Waals surface area contributed by atoms with Gasteiger partial charge in [-0.15, -0.1) is 10.2 Å². The van der Waals surface area contributed by atoms with E-state index in [1.807, 2.05) is 30.5 Å². The summed E-state index contributed by atoms with van der Waals surface area (Å²) in [6.07, 6.45) is 1.81. The van der Waals surface area contributed by atoms with E-state index < -0.39 is 0 Å². The third-order valence-corrected chi connectivity index (χ3v) is 4.47. The lowest BCUT2D eigenvalue weighted by Crippen LogP contribution is -2.24. The van der Waals surface area contributed by atoms with Crippen LogP contribution in [0, 0.1) is 6.92 Å². The number of aromatic nitrogens is 5. The molecule has 0 aliphatic carbocycles. The summed E-state index contributed by atoms with van der Waals surface area (Å²) in [5, 5.41) is 14.9. The molecule has 1 N–H and O–H groups in total. The van der Waals surface area contributed by atoms with E-state index in [2.05, 4.69) is 41.6 Å². The molecular formula is C17H13BrN6O2. The van der Waals surface area contributed by atoms with Crippen molar-refractivity contribution in [3.63, 3.8) is 0 Å². The highest BCUT2D eigenvalue weighted by Gasteiger charge is 2.13. The predicted octanol–water partition coefficient (Wildman–Crippen LogP) is 2.78. The Morgan fingerprint density at radius 1 is 1.27 bits per heavy atom. The summed E-state index contributed by atoms with van der Waals surface area (Å²) in [7, 11) is 0. The van der Waals surface area contributed by atoms with Crippen molar-refractivity contribution in [1.82, 2.24) is 30.1 Å². The van der Waals surface area contributed by atoms with Crippen molar-refractivity contribution in [2.75, 3.05) is 0 Å². The first-order valence-electron chi connectivity index (χ1n) is 7.79. The Kier molecular flexibility index (Phi) is 4.21. The van der Waals surface area contributed by atoms with Gasteiger partial charge in [0.1, 0.15) is 0 Å². The second kappa shape index (κ2) is 6.68. The van der Waals surface area contributed by atoms with Crippen molar-refractivity contribution >= 4 is 27.5 Å². The van der Waals surface area contributed by atoms with Crippen LogP contribution in [0.25, 0.3) is 17.1 Å². The number of amides is 1. The number of nitrogens with one attached hydrogen (secondary N) is 1. The second-order valence-electron chi connectivity index (χ2n) is 5.57. The van der Waals surface area contributed by atoms with Gasteiger partial charge in [0.15, 0.2) is 17.3 Å². The molecule has 0 fully saturated rings. The molecule has 1 aromatic carbocycles. The minimum absolute atomic E-state index is 0.188. The van der Waals surface area contributed by atoms with E-state index in [9.17, 15) is 4.79 Å². The van der Waals surface area contributed by atoms with Crippen LogP contribution in [0.4, 0.5) is 0 Å². The van der Waals surface area contributed by atoms with E-state index in [4.69, 9.17) is 4.52 Å². The number of halogens is 1. The van der Waals surface area contributed by atoms with Crippen molar-refractivity contribution in [2.45, 2.75) is 13.5 Å². The number of carbonyl (C=O) groups excluding carboxylic acids is 1. The lowest BCUT2D eigenvalue weighted by Gasteiger charge is -2.06. The van der Waals surface area contributed by atoms with Crippen LogP contribution in [0.15, 0.2) is 51.6 Å². The molecule has 0 unspecified atom stereocenters. The first kappa shape index (κ1) is 16.4. The SMILES string of the molecule is Cc1noc(-c2ccn3c(CNC(=O)c4ccccc4Br)nnc3c2)n1. The number of hydrogen-bond donors (Lipinski definition) is 1. The molecule has 0 spiro atoms. The average molecular weight is 413 g/mol. The Hall–Kier alpha value is -3.07. The van der Waals surface area contributed by atoms with Gasteiger partial charge >= 0.3 is 0 Å². The van der Waals surface area contributed by atoms with Crippen molar-refractivity contribution in [1.29, 1.82) is 0 Å². The third kappa shape index (κ3) is 3.08. The van der Waals surface area contributed by atoms with Crippen LogP contribution < -0.4 is 5.32 Å². The molecule has 0 saturated carbocycles. The van der Waals surface area contributed by atoms with Gasteiger partial charge in [0.2, 0.25) is 0 Å². The third-order valence-electron chi connectivity index (χ3n) is 3.78. The largest absolute Gasteiger partial charge is 0.345 e. The Balaban J connectivity index is 1.54. The van der Waals surface area contributed by atoms with Crippen LogP contribution in [-0.4, -0.2) is 30.6 Å².